The molecule has 0 atom stereocenters. The monoisotopic (exact) mass is 199 g/mol. The number of benzene rings is 1. The zero-order valence-electron chi connectivity index (χ0n) is 8.26. The van der Waals surface area contributed by atoms with Crippen LogP contribution in [0.1, 0.15) is 39.6 Å². The van der Waals surface area contributed by atoms with Crippen LogP contribution in [-0.4, -0.2) is 11.8 Å². The summed E-state index contributed by atoms with van der Waals surface area (Å²) in [4.78, 5) is 22.8. The van der Waals surface area contributed by atoms with Gasteiger partial charge in [-0.1, -0.05) is 24.8 Å². The van der Waals surface area contributed by atoms with Crippen molar-refractivity contribution >= 4 is 11.8 Å². The molecule has 1 aliphatic rings. The molecule has 2 amide bonds. The number of imide groups is 1. The number of amides is 2. The van der Waals surface area contributed by atoms with Crippen molar-refractivity contribution in [1.29, 1.82) is 0 Å². The Morgan fingerprint density at radius 2 is 2.07 bits per heavy atom. The molecule has 1 aromatic carbocycles. The number of carbonyl (C=O) groups is 2. The smallest absolute Gasteiger partial charge is 0.260 e. The Kier molecular flexibility index (Phi) is 2.26. The van der Waals surface area contributed by atoms with Gasteiger partial charge in [-0.05, 0) is 12.1 Å². The van der Waals surface area contributed by atoms with Crippen LogP contribution >= 0.6 is 0 Å². The molecular formula is C12H9NO2. The van der Waals surface area contributed by atoms with E-state index in [0.29, 0.717) is 16.7 Å². The lowest BCUT2D eigenvalue weighted by Gasteiger charge is -1.96. The number of fused-ring (bicyclic) bond motifs is 1. The fraction of sp³-hybridized carbons (Fsp3) is 0.167. The van der Waals surface area contributed by atoms with Crippen LogP contribution in [0.3, 0.4) is 0 Å². The van der Waals surface area contributed by atoms with E-state index in [0.717, 1.165) is 6.42 Å². The van der Waals surface area contributed by atoms with Gasteiger partial charge in [-0.3, -0.25) is 14.9 Å². The molecule has 0 unspecified atom stereocenters. The van der Waals surface area contributed by atoms with Crippen molar-refractivity contribution in [3.63, 3.8) is 0 Å². The number of rotatable bonds is 0. The molecule has 1 heterocycles. The summed E-state index contributed by atoms with van der Waals surface area (Å²) in [5.41, 5.74) is 1.45. The SMILES string of the molecule is CCC#Cc1cccc2c1C(=O)NC2=O. The molecule has 0 aromatic heterocycles. The predicted molar refractivity (Wildman–Crippen MR) is 55.4 cm³/mol. The molecule has 0 aliphatic carbocycles. The highest BCUT2D eigenvalue weighted by Crippen LogP contribution is 2.19. The van der Waals surface area contributed by atoms with Gasteiger partial charge in [-0.25, -0.2) is 0 Å². The van der Waals surface area contributed by atoms with Crippen molar-refractivity contribution < 1.29 is 9.59 Å². The molecule has 0 saturated carbocycles. The standard InChI is InChI=1S/C12H9NO2/c1-2-3-5-8-6-4-7-9-10(8)12(15)13-11(9)14/h4,6-7H,2H2,1H3,(H,13,14,15). The van der Waals surface area contributed by atoms with E-state index in [4.69, 9.17) is 0 Å². The van der Waals surface area contributed by atoms with E-state index in [-0.39, 0.29) is 11.8 Å². The summed E-state index contributed by atoms with van der Waals surface area (Å²) >= 11 is 0. The minimum Gasteiger partial charge on any atom is -0.288 e. The molecule has 74 valence electrons. The summed E-state index contributed by atoms with van der Waals surface area (Å²) in [5.74, 6) is 5.08. The molecule has 2 rings (SSSR count). The van der Waals surface area contributed by atoms with Gasteiger partial charge in [0, 0.05) is 12.0 Å². The van der Waals surface area contributed by atoms with Gasteiger partial charge in [-0.2, -0.15) is 0 Å². The van der Waals surface area contributed by atoms with E-state index in [1.54, 1.807) is 18.2 Å². The molecule has 3 nitrogen and oxygen atoms in total. The van der Waals surface area contributed by atoms with Crippen LogP contribution in [0.25, 0.3) is 0 Å². The first-order valence-corrected chi connectivity index (χ1v) is 4.71. The molecule has 3 heteroatoms. The summed E-state index contributed by atoms with van der Waals surface area (Å²) in [6.07, 6.45) is 0.721. The summed E-state index contributed by atoms with van der Waals surface area (Å²) in [7, 11) is 0. The molecule has 1 N–H and O–H groups in total. The van der Waals surface area contributed by atoms with Crippen molar-refractivity contribution in [1.82, 2.24) is 5.32 Å². The molecule has 0 radical (unpaired) electrons. The average molecular weight is 199 g/mol. The molecule has 1 aromatic rings. The van der Waals surface area contributed by atoms with E-state index < -0.39 is 0 Å². The van der Waals surface area contributed by atoms with Crippen LogP contribution in [0.5, 0.6) is 0 Å². The van der Waals surface area contributed by atoms with Gasteiger partial charge in [0.25, 0.3) is 11.8 Å². The topological polar surface area (TPSA) is 46.2 Å². The highest BCUT2D eigenvalue weighted by Gasteiger charge is 2.28. The Bertz CT molecular complexity index is 506. The summed E-state index contributed by atoms with van der Waals surface area (Å²) in [6.45, 7) is 1.93. The predicted octanol–water partition coefficient (Wildman–Crippen LogP) is 1.33. The van der Waals surface area contributed by atoms with Crippen molar-refractivity contribution in [2.75, 3.05) is 0 Å². The number of hydrogen-bond donors (Lipinski definition) is 1. The van der Waals surface area contributed by atoms with Crippen LogP contribution < -0.4 is 5.32 Å². The molecule has 0 spiro atoms. The maximum absolute atomic E-state index is 11.5. The number of carbonyl (C=O) groups excluding carboxylic acids is 2. The Hall–Kier alpha value is -2.08. The quantitative estimate of drug-likeness (QED) is 0.506. The van der Waals surface area contributed by atoms with Gasteiger partial charge >= 0.3 is 0 Å². The summed E-state index contributed by atoms with van der Waals surface area (Å²) < 4.78 is 0. The Morgan fingerprint density at radius 3 is 2.80 bits per heavy atom. The number of nitrogens with one attached hydrogen (secondary N) is 1. The van der Waals surface area contributed by atoms with Gasteiger partial charge < -0.3 is 0 Å². The highest BCUT2D eigenvalue weighted by molar-refractivity contribution is 6.22. The zero-order valence-corrected chi connectivity index (χ0v) is 8.26. The van der Waals surface area contributed by atoms with Gasteiger partial charge in [-0.15, -0.1) is 0 Å². The van der Waals surface area contributed by atoms with Crippen LogP contribution in [-0.2, 0) is 0 Å². The van der Waals surface area contributed by atoms with E-state index in [1.165, 1.54) is 0 Å². The van der Waals surface area contributed by atoms with Crippen LogP contribution in [0.15, 0.2) is 18.2 Å². The molecule has 15 heavy (non-hydrogen) atoms. The fourth-order valence-electron chi connectivity index (χ4n) is 1.51. The van der Waals surface area contributed by atoms with E-state index >= 15 is 0 Å². The molecule has 1 aliphatic heterocycles. The molecular weight excluding hydrogens is 190 g/mol. The lowest BCUT2D eigenvalue weighted by molar-refractivity contribution is 0.0879. The van der Waals surface area contributed by atoms with Crippen LogP contribution in [0.4, 0.5) is 0 Å². The molecule has 0 saturated heterocycles. The third-order valence-corrected chi connectivity index (χ3v) is 2.16. The largest absolute Gasteiger partial charge is 0.288 e. The van der Waals surface area contributed by atoms with Crippen molar-refractivity contribution in [3.8, 4) is 11.8 Å². The van der Waals surface area contributed by atoms with Gasteiger partial charge in [0.1, 0.15) is 0 Å². The summed E-state index contributed by atoms with van der Waals surface area (Å²) in [6, 6.07) is 5.11. The first kappa shape index (κ1) is 9.47. The molecule has 0 bridgehead atoms. The Labute approximate surface area is 87.5 Å². The Morgan fingerprint density at radius 1 is 1.27 bits per heavy atom. The minimum absolute atomic E-state index is 0.338. The summed E-state index contributed by atoms with van der Waals surface area (Å²) in [5, 5.41) is 2.25. The van der Waals surface area contributed by atoms with Crippen molar-refractivity contribution in [2.24, 2.45) is 0 Å². The van der Waals surface area contributed by atoms with E-state index in [1.807, 2.05) is 6.92 Å². The lowest BCUT2D eigenvalue weighted by Crippen LogP contribution is -2.20. The van der Waals surface area contributed by atoms with E-state index in [9.17, 15) is 9.59 Å². The van der Waals surface area contributed by atoms with Crippen molar-refractivity contribution in [3.05, 3.63) is 34.9 Å². The van der Waals surface area contributed by atoms with Crippen molar-refractivity contribution in [2.45, 2.75) is 13.3 Å². The minimum atomic E-state index is -0.351. The van der Waals surface area contributed by atoms with E-state index in [2.05, 4.69) is 17.2 Å². The zero-order chi connectivity index (χ0) is 10.8. The lowest BCUT2D eigenvalue weighted by atomic mass is 10.0. The third kappa shape index (κ3) is 1.50. The number of hydrogen-bond acceptors (Lipinski definition) is 2. The van der Waals surface area contributed by atoms with Crippen LogP contribution in [0, 0.1) is 11.8 Å². The second-order valence-electron chi connectivity index (χ2n) is 3.17. The second-order valence-corrected chi connectivity index (χ2v) is 3.17. The normalized spacial score (nSPS) is 12.9. The fourth-order valence-corrected chi connectivity index (χ4v) is 1.51. The third-order valence-electron chi connectivity index (χ3n) is 2.16. The first-order chi connectivity index (χ1) is 7.24. The molecule has 0 fully saturated rings. The average Bonchev–Trinajstić information content (AvgIpc) is 2.53. The second kappa shape index (κ2) is 3.58. The first-order valence-electron chi connectivity index (χ1n) is 4.71. The van der Waals surface area contributed by atoms with Gasteiger partial charge in [0.2, 0.25) is 0 Å². The van der Waals surface area contributed by atoms with Gasteiger partial charge in [0.15, 0.2) is 0 Å². The van der Waals surface area contributed by atoms with Crippen LogP contribution in [0.2, 0.25) is 0 Å². The maximum Gasteiger partial charge on any atom is 0.260 e. The highest BCUT2D eigenvalue weighted by atomic mass is 16.2. The maximum atomic E-state index is 11.5. The van der Waals surface area contributed by atoms with Gasteiger partial charge in [0.05, 0.1) is 11.1 Å². The Balaban J connectivity index is 2.60.